The van der Waals surface area contributed by atoms with Crippen LogP contribution in [0.4, 0.5) is 4.39 Å². The lowest BCUT2D eigenvalue weighted by atomic mass is 10.1. The molecule has 4 aromatic rings. The molecule has 0 amide bonds. The van der Waals surface area contributed by atoms with Gasteiger partial charge in [-0.15, -0.1) is 0 Å². The van der Waals surface area contributed by atoms with Gasteiger partial charge in [0.2, 0.25) is 0 Å². The lowest BCUT2D eigenvalue weighted by Gasteiger charge is -2.16. The number of aromatic nitrogens is 3. The normalized spacial score (nSPS) is 10.7. The second-order valence-electron chi connectivity index (χ2n) is 6.66. The number of methoxy groups -OCH3 is 1. The fraction of sp³-hybridized carbons (Fsp3) is 0.0870. The number of nitrogens with zero attached hydrogens (tertiary/aromatic N) is 4. The van der Waals surface area contributed by atoms with E-state index in [0.29, 0.717) is 33.5 Å². The summed E-state index contributed by atoms with van der Waals surface area (Å²) < 4.78 is 22.2. The first-order chi connectivity index (χ1) is 14.9. The van der Waals surface area contributed by atoms with E-state index in [-0.39, 0.29) is 16.4 Å². The molecular weight excluding hydrogens is 438 g/mol. The van der Waals surface area contributed by atoms with E-state index in [9.17, 15) is 5.26 Å². The largest absolute Gasteiger partial charge is 0.496 e. The lowest BCUT2D eigenvalue weighted by Crippen LogP contribution is -2.05. The third kappa shape index (κ3) is 3.74. The minimum Gasteiger partial charge on any atom is -0.496 e. The molecule has 154 valence electrons. The fourth-order valence-electron chi connectivity index (χ4n) is 3.35. The van der Waals surface area contributed by atoms with Gasteiger partial charge in [0, 0.05) is 16.3 Å². The molecule has 0 saturated heterocycles. The van der Waals surface area contributed by atoms with Crippen molar-refractivity contribution < 1.29 is 9.13 Å². The summed E-state index contributed by atoms with van der Waals surface area (Å²) in [6.07, 6.45) is 0. The van der Waals surface area contributed by atoms with Crippen molar-refractivity contribution >= 4 is 23.2 Å². The Bertz CT molecular complexity index is 1340. The average Bonchev–Trinajstić information content (AvgIpc) is 3.15. The van der Waals surface area contributed by atoms with E-state index < -0.39 is 5.82 Å². The van der Waals surface area contributed by atoms with Crippen LogP contribution in [-0.4, -0.2) is 21.6 Å². The number of nitriles is 1. The molecule has 0 bridgehead atoms. The second-order valence-corrected chi connectivity index (χ2v) is 7.51. The molecular formula is C23H15Cl2FN4O. The van der Waals surface area contributed by atoms with Crippen molar-refractivity contribution in [2.75, 3.05) is 7.11 Å². The summed E-state index contributed by atoms with van der Waals surface area (Å²) >= 11 is 12.3. The Hall–Kier alpha value is -3.40. The number of rotatable bonds is 4. The molecule has 2 aromatic carbocycles. The van der Waals surface area contributed by atoms with Crippen molar-refractivity contribution in [3.63, 3.8) is 0 Å². The molecule has 2 heterocycles. The maximum Gasteiger partial charge on any atom is 0.167 e. The smallest absolute Gasteiger partial charge is 0.167 e. The molecule has 5 nitrogen and oxygen atoms in total. The molecule has 0 aliphatic rings. The van der Waals surface area contributed by atoms with Gasteiger partial charge in [-0.25, -0.2) is 14.4 Å². The van der Waals surface area contributed by atoms with Gasteiger partial charge in [0.25, 0.3) is 0 Å². The number of imidazole rings is 1. The number of pyridine rings is 1. The Morgan fingerprint density at radius 2 is 1.84 bits per heavy atom. The number of hydrogen-bond acceptors (Lipinski definition) is 4. The van der Waals surface area contributed by atoms with Crippen LogP contribution in [0.3, 0.4) is 0 Å². The molecule has 0 atom stereocenters. The van der Waals surface area contributed by atoms with Crippen LogP contribution in [0.25, 0.3) is 28.5 Å². The Morgan fingerprint density at radius 3 is 2.55 bits per heavy atom. The second kappa shape index (κ2) is 8.38. The highest BCUT2D eigenvalue weighted by atomic mass is 35.5. The topological polar surface area (TPSA) is 63.7 Å². The summed E-state index contributed by atoms with van der Waals surface area (Å²) in [5.41, 5.74) is 2.22. The van der Waals surface area contributed by atoms with Crippen LogP contribution in [0.15, 0.2) is 54.6 Å². The van der Waals surface area contributed by atoms with Crippen LogP contribution in [0, 0.1) is 24.1 Å². The molecule has 0 fully saturated rings. The van der Waals surface area contributed by atoms with Crippen LogP contribution in [-0.2, 0) is 0 Å². The Kier molecular flexibility index (Phi) is 5.64. The van der Waals surface area contributed by atoms with Gasteiger partial charge in [0.1, 0.15) is 17.5 Å². The summed E-state index contributed by atoms with van der Waals surface area (Å²) in [5, 5.41) is 10.2. The lowest BCUT2D eigenvalue weighted by molar-refractivity contribution is 0.416. The van der Waals surface area contributed by atoms with Crippen LogP contribution < -0.4 is 4.74 Å². The quantitative estimate of drug-likeness (QED) is 0.367. The summed E-state index contributed by atoms with van der Waals surface area (Å²) in [7, 11) is 1.50. The van der Waals surface area contributed by atoms with Crippen LogP contribution in [0.1, 0.15) is 11.4 Å². The van der Waals surface area contributed by atoms with Gasteiger partial charge in [0.15, 0.2) is 17.3 Å². The predicted molar refractivity (Wildman–Crippen MR) is 118 cm³/mol. The molecule has 0 saturated carbocycles. The molecule has 0 radical (unpaired) electrons. The zero-order chi connectivity index (χ0) is 22.1. The molecule has 0 N–H and O–H groups in total. The van der Waals surface area contributed by atoms with Gasteiger partial charge in [-0.2, -0.15) is 5.26 Å². The molecule has 0 aliphatic heterocycles. The summed E-state index contributed by atoms with van der Waals surface area (Å²) in [6, 6.07) is 17.1. The highest BCUT2D eigenvalue weighted by Crippen LogP contribution is 2.39. The van der Waals surface area contributed by atoms with Gasteiger partial charge in [-0.3, -0.25) is 4.57 Å². The van der Waals surface area contributed by atoms with Crippen molar-refractivity contribution in [2.24, 2.45) is 0 Å². The first-order valence-electron chi connectivity index (χ1n) is 9.19. The number of hydrogen-bond donors (Lipinski definition) is 0. The standard InChI is InChI=1S/C23H15Cl2FN4O/c1-13-5-3-7-17(28-13)23-29-18(12-27)22(15-11-14(24)9-10-20(15)31-2)30(23)19-8-4-6-16(25)21(19)26/h3-11H,1-2H3. The first-order valence-corrected chi connectivity index (χ1v) is 9.95. The average molecular weight is 453 g/mol. The molecule has 0 aliphatic carbocycles. The Balaban J connectivity index is 2.17. The number of aryl methyl sites for hydroxylation is 1. The maximum atomic E-state index is 15.2. The molecule has 8 heteroatoms. The predicted octanol–water partition coefficient (Wildman–Crippen LogP) is 6.24. The minimum atomic E-state index is -0.651. The van der Waals surface area contributed by atoms with Gasteiger partial charge >= 0.3 is 0 Å². The van der Waals surface area contributed by atoms with E-state index in [1.165, 1.54) is 17.7 Å². The number of ether oxygens (including phenoxy) is 1. The van der Waals surface area contributed by atoms with Crippen LogP contribution in [0.5, 0.6) is 5.75 Å². The summed E-state index contributed by atoms with van der Waals surface area (Å²) in [6.45, 7) is 1.84. The van der Waals surface area contributed by atoms with Crippen LogP contribution >= 0.6 is 23.2 Å². The SMILES string of the molecule is COc1ccc(Cl)cc1-c1c(C#N)nc(-c2cccc(C)n2)n1-c1cccc(Cl)c1F. The summed E-state index contributed by atoms with van der Waals surface area (Å²) in [5.74, 6) is 0.0916. The van der Waals surface area contributed by atoms with Crippen LogP contribution in [0.2, 0.25) is 10.0 Å². The van der Waals surface area contributed by atoms with E-state index in [1.807, 2.05) is 19.1 Å². The van der Waals surface area contributed by atoms with Crippen molar-refractivity contribution in [1.82, 2.24) is 14.5 Å². The van der Waals surface area contributed by atoms with Gasteiger partial charge in [-0.05, 0) is 49.4 Å². The third-order valence-electron chi connectivity index (χ3n) is 4.69. The zero-order valence-electron chi connectivity index (χ0n) is 16.5. The molecule has 0 unspecified atom stereocenters. The van der Waals surface area contributed by atoms with Crippen molar-refractivity contribution in [3.8, 4) is 40.3 Å². The zero-order valence-corrected chi connectivity index (χ0v) is 18.0. The van der Waals surface area contributed by atoms with E-state index in [0.717, 1.165) is 5.69 Å². The summed E-state index contributed by atoms with van der Waals surface area (Å²) in [4.78, 5) is 9.02. The number of halogens is 3. The van der Waals surface area contributed by atoms with Crippen molar-refractivity contribution in [3.05, 3.63) is 81.8 Å². The highest BCUT2D eigenvalue weighted by Gasteiger charge is 2.26. The highest BCUT2D eigenvalue weighted by molar-refractivity contribution is 6.31. The minimum absolute atomic E-state index is 0.0585. The maximum absolute atomic E-state index is 15.2. The van der Waals surface area contributed by atoms with E-state index in [4.69, 9.17) is 27.9 Å². The molecule has 31 heavy (non-hydrogen) atoms. The van der Waals surface area contributed by atoms with Gasteiger partial charge in [-0.1, -0.05) is 35.3 Å². The Morgan fingerprint density at radius 1 is 1.06 bits per heavy atom. The van der Waals surface area contributed by atoms with Crippen molar-refractivity contribution in [2.45, 2.75) is 6.92 Å². The molecule has 4 rings (SSSR count). The molecule has 2 aromatic heterocycles. The number of benzene rings is 2. The van der Waals surface area contributed by atoms with Gasteiger partial charge < -0.3 is 4.74 Å². The third-order valence-corrected chi connectivity index (χ3v) is 5.22. The van der Waals surface area contributed by atoms with E-state index in [1.54, 1.807) is 36.4 Å². The van der Waals surface area contributed by atoms with E-state index >= 15 is 4.39 Å². The Labute approximate surface area is 188 Å². The first kappa shape index (κ1) is 20.9. The van der Waals surface area contributed by atoms with E-state index in [2.05, 4.69) is 16.0 Å². The molecule has 0 spiro atoms. The van der Waals surface area contributed by atoms with Gasteiger partial charge in [0.05, 0.1) is 23.5 Å². The monoisotopic (exact) mass is 452 g/mol. The fourth-order valence-corrected chi connectivity index (χ4v) is 3.69. The van der Waals surface area contributed by atoms with Crippen molar-refractivity contribution in [1.29, 1.82) is 5.26 Å².